The van der Waals surface area contributed by atoms with Crippen molar-refractivity contribution in [3.05, 3.63) is 64.2 Å². The number of ether oxygens (including phenoxy) is 1. The van der Waals surface area contributed by atoms with E-state index in [-0.39, 0.29) is 18.0 Å². The number of hydrogen-bond donors (Lipinski definition) is 1. The van der Waals surface area contributed by atoms with Gasteiger partial charge in [0.15, 0.2) is 12.4 Å². The van der Waals surface area contributed by atoms with Gasteiger partial charge in [-0.15, -0.1) is 0 Å². The van der Waals surface area contributed by atoms with Crippen molar-refractivity contribution in [2.75, 3.05) is 24.6 Å². The summed E-state index contributed by atoms with van der Waals surface area (Å²) in [6.07, 6.45) is 5.29. The molecule has 0 aliphatic carbocycles. The van der Waals surface area contributed by atoms with Crippen LogP contribution in [-0.4, -0.2) is 36.7 Å². The maximum atomic E-state index is 11.8. The Morgan fingerprint density at radius 1 is 1.14 bits per heavy atom. The maximum Gasteiger partial charge on any atom is 0.310 e. The second-order valence-corrected chi connectivity index (χ2v) is 6.45. The van der Waals surface area contributed by atoms with Crippen molar-refractivity contribution in [3.8, 4) is 5.75 Å². The largest absolute Gasteiger partial charge is 0.477 e. The number of piperidine rings is 1. The van der Waals surface area contributed by atoms with Gasteiger partial charge in [-0.2, -0.15) is 5.10 Å². The van der Waals surface area contributed by atoms with Crippen LogP contribution in [0, 0.1) is 10.1 Å². The van der Waals surface area contributed by atoms with Crippen molar-refractivity contribution in [3.63, 3.8) is 0 Å². The van der Waals surface area contributed by atoms with Crippen LogP contribution in [0.1, 0.15) is 24.8 Å². The van der Waals surface area contributed by atoms with Crippen molar-refractivity contribution < 1.29 is 14.5 Å². The van der Waals surface area contributed by atoms with Gasteiger partial charge in [-0.25, -0.2) is 5.43 Å². The molecule has 0 aromatic heterocycles. The van der Waals surface area contributed by atoms with Gasteiger partial charge >= 0.3 is 5.69 Å². The van der Waals surface area contributed by atoms with E-state index in [0.29, 0.717) is 0 Å². The Morgan fingerprint density at radius 3 is 2.57 bits per heavy atom. The van der Waals surface area contributed by atoms with Gasteiger partial charge in [0.1, 0.15) is 0 Å². The predicted octanol–water partition coefficient (Wildman–Crippen LogP) is 3.11. The molecule has 1 aliphatic rings. The highest BCUT2D eigenvalue weighted by Crippen LogP contribution is 2.25. The molecule has 1 amide bonds. The van der Waals surface area contributed by atoms with Gasteiger partial charge in [0.2, 0.25) is 0 Å². The number of amides is 1. The van der Waals surface area contributed by atoms with Gasteiger partial charge in [0, 0.05) is 24.8 Å². The van der Waals surface area contributed by atoms with E-state index in [2.05, 4.69) is 15.4 Å². The molecule has 28 heavy (non-hydrogen) atoms. The number of nitro groups is 1. The molecule has 0 bridgehead atoms. The average molecular weight is 382 g/mol. The molecule has 1 fully saturated rings. The SMILES string of the molecule is O=C(COc1ccccc1[N+](=O)[O-])N/N=C\c1ccc(N2CCCCC2)cc1. The number of rotatable bonds is 7. The van der Waals surface area contributed by atoms with Gasteiger partial charge in [0.25, 0.3) is 5.91 Å². The number of anilines is 1. The second kappa shape index (κ2) is 9.50. The van der Waals surface area contributed by atoms with E-state index < -0.39 is 10.8 Å². The molecule has 1 N–H and O–H groups in total. The molecule has 2 aromatic carbocycles. The number of benzene rings is 2. The predicted molar refractivity (Wildman–Crippen MR) is 107 cm³/mol. The molecule has 1 heterocycles. The Morgan fingerprint density at radius 2 is 1.86 bits per heavy atom. The maximum absolute atomic E-state index is 11.8. The molecule has 0 unspecified atom stereocenters. The zero-order chi connectivity index (χ0) is 19.8. The minimum Gasteiger partial charge on any atom is -0.477 e. The van der Waals surface area contributed by atoms with Gasteiger partial charge in [-0.05, 0) is 43.0 Å². The lowest BCUT2D eigenvalue weighted by Crippen LogP contribution is -2.29. The molecule has 8 heteroatoms. The number of nitrogens with zero attached hydrogens (tertiary/aromatic N) is 3. The molecule has 0 spiro atoms. The van der Waals surface area contributed by atoms with Crippen LogP contribution in [0.2, 0.25) is 0 Å². The topological polar surface area (TPSA) is 97.1 Å². The van der Waals surface area contributed by atoms with Crippen LogP contribution in [-0.2, 0) is 4.79 Å². The Balaban J connectivity index is 1.48. The Labute approximate surface area is 163 Å². The summed E-state index contributed by atoms with van der Waals surface area (Å²) in [5.41, 5.74) is 4.22. The number of carbonyl (C=O) groups excluding carboxylic acids is 1. The summed E-state index contributed by atoms with van der Waals surface area (Å²) in [5, 5.41) is 14.8. The lowest BCUT2D eigenvalue weighted by atomic mass is 10.1. The smallest absolute Gasteiger partial charge is 0.310 e. The molecule has 2 aromatic rings. The summed E-state index contributed by atoms with van der Waals surface area (Å²) in [7, 11) is 0. The fourth-order valence-corrected chi connectivity index (χ4v) is 3.01. The van der Waals surface area contributed by atoms with E-state index in [1.165, 1.54) is 43.1 Å². The summed E-state index contributed by atoms with van der Waals surface area (Å²) in [4.78, 5) is 24.6. The van der Waals surface area contributed by atoms with E-state index >= 15 is 0 Å². The molecule has 1 aliphatic heterocycles. The standard InChI is InChI=1S/C20H22N4O4/c25-20(15-28-19-7-3-2-6-18(19)24(26)27)22-21-14-16-8-10-17(11-9-16)23-12-4-1-5-13-23/h2-3,6-11,14H,1,4-5,12-13,15H2,(H,22,25)/b21-14-. The number of hydrogen-bond acceptors (Lipinski definition) is 6. The quantitative estimate of drug-likeness (QED) is 0.451. The van der Waals surface area contributed by atoms with Gasteiger partial charge in [-0.1, -0.05) is 24.3 Å². The molecule has 146 valence electrons. The summed E-state index contributed by atoms with van der Waals surface area (Å²) in [6.45, 7) is 1.81. The molecule has 8 nitrogen and oxygen atoms in total. The summed E-state index contributed by atoms with van der Waals surface area (Å²) < 4.78 is 5.21. The van der Waals surface area contributed by atoms with E-state index in [1.807, 2.05) is 24.3 Å². The fourth-order valence-electron chi connectivity index (χ4n) is 3.01. The third-order valence-electron chi connectivity index (χ3n) is 4.44. The van der Waals surface area contributed by atoms with Crippen LogP contribution in [0.5, 0.6) is 5.75 Å². The van der Waals surface area contributed by atoms with Crippen LogP contribution in [0.3, 0.4) is 0 Å². The van der Waals surface area contributed by atoms with E-state index in [0.717, 1.165) is 18.7 Å². The fraction of sp³-hybridized carbons (Fsp3) is 0.300. The van der Waals surface area contributed by atoms with E-state index in [4.69, 9.17) is 4.74 Å². The Kier molecular flexibility index (Phi) is 6.56. The first-order chi connectivity index (χ1) is 13.6. The van der Waals surface area contributed by atoms with Crippen LogP contribution in [0.15, 0.2) is 53.6 Å². The van der Waals surface area contributed by atoms with Gasteiger partial charge in [-0.3, -0.25) is 14.9 Å². The summed E-state index contributed by atoms with van der Waals surface area (Å²) in [5.74, 6) is -0.459. The normalized spacial score (nSPS) is 14.1. The second-order valence-electron chi connectivity index (χ2n) is 6.45. The van der Waals surface area contributed by atoms with Crippen molar-refractivity contribution >= 4 is 23.5 Å². The van der Waals surface area contributed by atoms with Crippen molar-refractivity contribution in [1.29, 1.82) is 0 Å². The number of hydrazone groups is 1. The lowest BCUT2D eigenvalue weighted by Gasteiger charge is -2.28. The molecule has 0 saturated carbocycles. The number of nitrogens with one attached hydrogen (secondary N) is 1. The Hall–Kier alpha value is -3.42. The monoisotopic (exact) mass is 382 g/mol. The highest BCUT2D eigenvalue weighted by molar-refractivity contribution is 5.83. The zero-order valence-electron chi connectivity index (χ0n) is 15.4. The number of carbonyl (C=O) groups is 1. The van der Waals surface area contributed by atoms with Crippen LogP contribution in [0.25, 0.3) is 0 Å². The highest BCUT2D eigenvalue weighted by Gasteiger charge is 2.14. The molecular formula is C20H22N4O4. The minimum atomic E-state index is -0.557. The zero-order valence-corrected chi connectivity index (χ0v) is 15.4. The van der Waals surface area contributed by atoms with Gasteiger partial charge < -0.3 is 9.64 Å². The Bertz CT molecular complexity index is 846. The average Bonchev–Trinajstić information content (AvgIpc) is 2.73. The molecule has 1 saturated heterocycles. The van der Waals surface area contributed by atoms with Crippen LogP contribution in [0.4, 0.5) is 11.4 Å². The summed E-state index contributed by atoms with van der Waals surface area (Å²) >= 11 is 0. The van der Waals surface area contributed by atoms with Crippen LogP contribution >= 0.6 is 0 Å². The molecule has 3 rings (SSSR count). The first kappa shape index (κ1) is 19.3. The highest BCUT2D eigenvalue weighted by atomic mass is 16.6. The lowest BCUT2D eigenvalue weighted by molar-refractivity contribution is -0.385. The first-order valence-corrected chi connectivity index (χ1v) is 9.16. The molecular weight excluding hydrogens is 360 g/mol. The number of para-hydroxylation sites is 2. The molecule has 0 atom stereocenters. The molecule has 0 radical (unpaired) electrons. The van der Waals surface area contributed by atoms with Gasteiger partial charge in [0.05, 0.1) is 11.1 Å². The summed E-state index contributed by atoms with van der Waals surface area (Å²) in [6, 6.07) is 13.9. The van der Waals surface area contributed by atoms with Crippen LogP contribution < -0.4 is 15.1 Å². The van der Waals surface area contributed by atoms with Crippen molar-refractivity contribution in [1.82, 2.24) is 5.43 Å². The number of nitro benzene ring substituents is 1. The van der Waals surface area contributed by atoms with Crippen molar-refractivity contribution in [2.45, 2.75) is 19.3 Å². The van der Waals surface area contributed by atoms with E-state index in [9.17, 15) is 14.9 Å². The first-order valence-electron chi connectivity index (χ1n) is 9.16. The third-order valence-corrected chi connectivity index (χ3v) is 4.44. The third kappa shape index (κ3) is 5.29. The minimum absolute atomic E-state index is 0.0416. The van der Waals surface area contributed by atoms with E-state index in [1.54, 1.807) is 12.3 Å². The van der Waals surface area contributed by atoms with Crippen molar-refractivity contribution in [2.24, 2.45) is 5.10 Å².